The second-order valence-electron chi connectivity index (χ2n) is 5.98. The zero-order chi connectivity index (χ0) is 13.3. The lowest BCUT2D eigenvalue weighted by Gasteiger charge is -2.27. The lowest BCUT2D eigenvalue weighted by atomic mass is 9.89. The molecule has 5 heteroatoms. The van der Waals surface area contributed by atoms with Gasteiger partial charge in [0.1, 0.15) is 0 Å². The van der Waals surface area contributed by atoms with Crippen LogP contribution in [0.1, 0.15) is 37.7 Å². The fourth-order valence-corrected chi connectivity index (χ4v) is 3.37. The van der Waals surface area contributed by atoms with E-state index in [1.807, 2.05) is 17.9 Å². The number of carbonyl (C=O) groups is 1. The zero-order valence-corrected chi connectivity index (χ0v) is 11.6. The topological polar surface area (TPSA) is 50.2 Å². The number of amides is 1. The molecule has 0 unspecified atom stereocenters. The minimum atomic E-state index is 0.0980. The summed E-state index contributed by atoms with van der Waals surface area (Å²) in [4.78, 5) is 14.0. The SMILES string of the molecule is Cn1cc(CN2CCC[C@]3(CCC(=O)N3)CC2)cn1. The molecule has 2 saturated heterocycles. The molecule has 2 fully saturated rings. The molecule has 2 aliphatic heterocycles. The van der Waals surface area contributed by atoms with Crippen LogP contribution in [0.25, 0.3) is 0 Å². The second kappa shape index (κ2) is 4.96. The molecule has 0 radical (unpaired) electrons. The van der Waals surface area contributed by atoms with E-state index in [-0.39, 0.29) is 11.4 Å². The predicted molar refractivity (Wildman–Crippen MR) is 72.4 cm³/mol. The molecule has 5 nitrogen and oxygen atoms in total. The van der Waals surface area contributed by atoms with Crippen molar-refractivity contribution in [3.8, 4) is 0 Å². The van der Waals surface area contributed by atoms with Crippen molar-refractivity contribution in [2.45, 2.75) is 44.2 Å². The first-order valence-electron chi connectivity index (χ1n) is 7.16. The molecule has 0 aliphatic carbocycles. The van der Waals surface area contributed by atoms with Gasteiger partial charge >= 0.3 is 0 Å². The van der Waals surface area contributed by atoms with Gasteiger partial charge in [0.25, 0.3) is 0 Å². The van der Waals surface area contributed by atoms with Gasteiger partial charge in [-0.05, 0) is 32.2 Å². The summed E-state index contributed by atoms with van der Waals surface area (Å²) in [5.74, 6) is 0.237. The van der Waals surface area contributed by atoms with Crippen molar-refractivity contribution in [1.29, 1.82) is 0 Å². The number of nitrogens with one attached hydrogen (secondary N) is 1. The number of carbonyl (C=O) groups excluding carboxylic acids is 1. The number of hydrogen-bond acceptors (Lipinski definition) is 3. The van der Waals surface area contributed by atoms with E-state index in [0.29, 0.717) is 6.42 Å². The van der Waals surface area contributed by atoms with Gasteiger partial charge in [0, 0.05) is 43.9 Å². The number of aromatic nitrogens is 2. The summed E-state index contributed by atoms with van der Waals surface area (Å²) in [6, 6.07) is 0. The second-order valence-corrected chi connectivity index (χ2v) is 5.98. The normalized spacial score (nSPS) is 28.6. The van der Waals surface area contributed by atoms with Crippen molar-refractivity contribution in [3.05, 3.63) is 18.0 Å². The lowest BCUT2D eigenvalue weighted by Crippen LogP contribution is -2.42. The van der Waals surface area contributed by atoms with E-state index in [4.69, 9.17) is 0 Å². The summed E-state index contributed by atoms with van der Waals surface area (Å²) < 4.78 is 1.85. The fourth-order valence-electron chi connectivity index (χ4n) is 3.37. The average molecular weight is 262 g/mol. The van der Waals surface area contributed by atoms with Crippen molar-refractivity contribution in [2.75, 3.05) is 13.1 Å². The third kappa shape index (κ3) is 2.81. The zero-order valence-electron chi connectivity index (χ0n) is 11.6. The number of nitrogens with zero attached hydrogens (tertiary/aromatic N) is 3. The lowest BCUT2D eigenvalue weighted by molar-refractivity contribution is -0.119. The smallest absolute Gasteiger partial charge is 0.220 e. The van der Waals surface area contributed by atoms with Crippen molar-refractivity contribution >= 4 is 5.91 Å². The van der Waals surface area contributed by atoms with E-state index in [2.05, 4.69) is 21.5 Å². The Labute approximate surface area is 114 Å². The van der Waals surface area contributed by atoms with Crippen LogP contribution in [0.15, 0.2) is 12.4 Å². The summed E-state index contributed by atoms with van der Waals surface area (Å²) >= 11 is 0. The van der Waals surface area contributed by atoms with E-state index in [1.54, 1.807) is 0 Å². The summed E-state index contributed by atoms with van der Waals surface area (Å²) in [5, 5.41) is 7.44. The van der Waals surface area contributed by atoms with Crippen LogP contribution in [0.5, 0.6) is 0 Å². The fraction of sp³-hybridized carbons (Fsp3) is 0.714. The molecule has 1 N–H and O–H groups in total. The van der Waals surface area contributed by atoms with Gasteiger partial charge in [-0.1, -0.05) is 0 Å². The van der Waals surface area contributed by atoms with E-state index >= 15 is 0 Å². The molecule has 1 aromatic heterocycles. The standard InChI is InChI=1S/C14H22N4O/c1-17-10-12(9-15-17)11-18-7-2-4-14(6-8-18)5-3-13(19)16-14/h9-10H,2-8,11H2,1H3,(H,16,19)/t14-/m0/s1. The number of aryl methyl sites for hydroxylation is 1. The highest BCUT2D eigenvalue weighted by molar-refractivity contribution is 5.79. The van der Waals surface area contributed by atoms with Gasteiger partial charge in [-0.2, -0.15) is 5.10 Å². The van der Waals surface area contributed by atoms with Crippen molar-refractivity contribution in [2.24, 2.45) is 7.05 Å². The van der Waals surface area contributed by atoms with Crippen molar-refractivity contribution in [3.63, 3.8) is 0 Å². The molecule has 104 valence electrons. The van der Waals surface area contributed by atoms with Gasteiger partial charge in [0.15, 0.2) is 0 Å². The first-order valence-corrected chi connectivity index (χ1v) is 7.16. The predicted octanol–water partition coefficient (Wildman–Crippen LogP) is 1.05. The Morgan fingerprint density at radius 2 is 2.26 bits per heavy atom. The van der Waals surface area contributed by atoms with Gasteiger partial charge in [-0.3, -0.25) is 14.4 Å². The van der Waals surface area contributed by atoms with E-state index in [9.17, 15) is 4.79 Å². The molecular formula is C14H22N4O. The number of hydrogen-bond donors (Lipinski definition) is 1. The highest BCUT2D eigenvalue weighted by atomic mass is 16.2. The number of likely N-dealkylation sites (tertiary alicyclic amines) is 1. The molecule has 1 aromatic rings. The molecule has 1 amide bonds. The molecule has 1 atom stereocenters. The van der Waals surface area contributed by atoms with Crippen LogP contribution in [0.2, 0.25) is 0 Å². The van der Waals surface area contributed by atoms with Crippen LogP contribution < -0.4 is 5.32 Å². The Morgan fingerprint density at radius 3 is 2.95 bits per heavy atom. The van der Waals surface area contributed by atoms with Gasteiger partial charge in [0.2, 0.25) is 5.91 Å². The summed E-state index contributed by atoms with van der Waals surface area (Å²) in [6.45, 7) is 3.15. The van der Waals surface area contributed by atoms with Gasteiger partial charge in [-0.15, -0.1) is 0 Å². The first kappa shape index (κ1) is 12.7. The first-order chi connectivity index (χ1) is 9.15. The van der Waals surface area contributed by atoms with Crippen molar-refractivity contribution in [1.82, 2.24) is 20.0 Å². The highest BCUT2D eigenvalue weighted by Crippen LogP contribution is 2.31. The van der Waals surface area contributed by atoms with E-state index < -0.39 is 0 Å². The minimum Gasteiger partial charge on any atom is -0.351 e. The third-order valence-corrected chi connectivity index (χ3v) is 4.44. The molecule has 0 aromatic carbocycles. The van der Waals surface area contributed by atoms with Crippen LogP contribution in [-0.2, 0) is 18.4 Å². The Hall–Kier alpha value is -1.36. The van der Waals surface area contributed by atoms with Gasteiger partial charge in [-0.25, -0.2) is 0 Å². The van der Waals surface area contributed by atoms with Gasteiger partial charge < -0.3 is 5.32 Å². The molecule has 0 bridgehead atoms. The molecule has 2 aliphatic rings. The Kier molecular flexibility index (Phi) is 3.31. The van der Waals surface area contributed by atoms with Crippen LogP contribution >= 0.6 is 0 Å². The average Bonchev–Trinajstić information content (AvgIpc) is 2.87. The molecular weight excluding hydrogens is 240 g/mol. The van der Waals surface area contributed by atoms with Crippen LogP contribution in [-0.4, -0.2) is 39.2 Å². The van der Waals surface area contributed by atoms with Crippen LogP contribution in [0.4, 0.5) is 0 Å². The summed E-state index contributed by atoms with van der Waals surface area (Å²) in [7, 11) is 1.95. The van der Waals surface area contributed by atoms with Crippen molar-refractivity contribution < 1.29 is 4.79 Å². The maximum Gasteiger partial charge on any atom is 0.220 e. The Bertz CT molecular complexity index is 470. The summed E-state index contributed by atoms with van der Waals surface area (Å²) in [6.07, 6.45) is 9.13. The maximum absolute atomic E-state index is 11.5. The highest BCUT2D eigenvalue weighted by Gasteiger charge is 2.38. The maximum atomic E-state index is 11.5. The molecule has 0 saturated carbocycles. The van der Waals surface area contributed by atoms with Gasteiger partial charge in [0.05, 0.1) is 6.20 Å². The Balaban J connectivity index is 1.60. The Morgan fingerprint density at radius 1 is 1.37 bits per heavy atom. The molecule has 3 rings (SSSR count). The molecule has 19 heavy (non-hydrogen) atoms. The third-order valence-electron chi connectivity index (χ3n) is 4.44. The largest absolute Gasteiger partial charge is 0.351 e. The molecule has 1 spiro atoms. The van der Waals surface area contributed by atoms with E-state index in [1.165, 1.54) is 12.0 Å². The summed E-state index contributed by atoms with van der Waals surface area (Å²) in [5.41, 5.74) is 1.37. The van der Waals surface area contributed by atoms with Crippen LogP contribution in [0.3, 0.4) is 0 Å². The molecule has 3 heterocycles. The minimum absolute atomic E-state index is 0.0980. The number of rotatable bonds is 2. The monoisotopic (exact) mass is 262 g/mol. The van der Waals surface area contributed by atoms with E-state index in [0.717, 1.165) is 38.9 Å². The van der Waals surface area contributed by atoms with Crippen LogP contribution in [0, 0.1) is 0 Å². The quantitative estimate of drug-likeness (QED) is 0.867.